The third kappa shape index (κ3) is 3.91. The summed E-state index contributed by atoms with van der Waals surface area (Å²) in [6, 6.07) is 13.6. The molecule has 0 radical (unpaired) electrons. The number of carbonyl (C=O) groups excluding carboxylic acids is 1. The summed E-state index contributed by atoms with van der Waals surface area (Å²) in [5.74, 6) is 1.32. The molecular weight excluding hydrogens is 354 g/mol. The van der Waals surface area contributed by atoms with E-state index in [0.29, 0.717) is 12.1 Å². The Morgan fingerprint density at radius 2 is 1.89 bits per heavy atom. The second kappa shape index (κ2) is 7.60. The Bertz CT molecular complexity index is 1030. The highest BCUT2D eigenvalue weighted by Crippen LogP contribution is 2.32. The van der Waals surface area contributed by atoms with Crippen molar-refractivity contribution in [2.75, 3.05) is 17.4 Å². The lowest BCUT2D eigenvalue weighted by Crippen LogP contribution is -2.13. The molecule has 0 saturated carbocycles. The number of aryl methyl sites for hydroxylation is 2. The van der Waals surface area contributed by atoms with E-state index in [9.17, 15) is 4.79 Å². The number of hydrogen-bond donors (Lipinski definition) is 2. The Kier molecular flexibility index (Phi) is 4.85. The molecule has 2 heterocycles. The van der Waals surface area contributed by atoms with Gasteiger partial charge in [-0.2, -0.15) is 0 Å². The van der Waals surface area contributed by atoms with Crippen LogP contribution in [0.25, 0.3) is 0 Å². The van der Waals surface area contributed by atoms with Gasteiger partial charge in [-0.1, -0.05) is 18.2 Å². The van der Waals surface area contributed by atoms with Gasteiger partial charge in [-0.05, 0) is 54.8 Å². The molecule has 6 nitrogen and oxygen atoms in total. The highest BCUT2D eigenvalue weighted by Gasteiger charge is 2.13. The molecule has 0 aliphatic carbocycles. The summed E-state index contributed by atoms with van der Waals surface area (Å²) in [6.07, 6.45) is 3.26. The second-order valence-electron chi connectivity index (χ2n) is 6.78. The van der Waals surface area contributed by atoms with Gasteiger partial charge in [0.25, 0.3) is 5.91 Å². The van der Waals surface area contributed by atoms with Gasteiger partial charge in [0.1, 0.15) is 0 Å². The van der Waals surface area contributed by atoms with Crippen LogP contribution in [0.3, 0.4) is 0 Å². The fourth-order valence-corrected chi connectivity index (χ4v) is 2.98. The van der Waals surface area contributed by atoms with Crippen molar-refractivity contribution < 1.29 is 14.3 Å². The van der Waals surface area contributed by atoms with Crippen molar-refractivity contribution in [3.8, 4) is 11.5 Å². The van der Waals surface area contributed by atoms with E-state index < -0.39 is 0 Å². The van der Waals surface area contributed by atoms with Crippen LogP contribution in [0.15, 0.2) is 54.9 Å². The number of pyridine rings is 1. The van der Waals surface area contributed by atoms with E-state index in [0.717, 1.165) is 39.6 Å². The number of fused-ring (bicyclic) bond motifs is 1. The summed E-state index contributed by atoms with van der Waals surface area (Å²) in [4.78, 5) is 16.8. The van der Waals surface area contributed by atoms with Gasteiger partial charge in [0.2, 0.25) is 6.79 Å². The van der Waals surface area contributed by atoms with Gasteiger partial charge >= 0.3 is 0 Å². The van der Waals surface area contributed by atoms with E-state index >= 15 is 0 Å². The summed E-state index contributed by atoms with van der Waals surface area (Å²) >= 11 is 0. The lowest BCUT2D eigenvalue weighted by Gasteiger charge is -2.11. The molecular formula is C22H21N3O3. The molecule has 0 atom stereocenters. The number of amides is 1. The topological polar surface area (TPSA) is 72.5 Å². The van der Waals surface area contributed by atoms with Crippen molar-refractivity contribution in [3.05, 3.63) is 77.1 Å². The number of hydrogen-bond acceptors (Lipinski definition) is 5. The lowest BCUT2D eigenvalue weighted by molar-refractivity contribution is 0.102. The predicted molar refractivity (Wildman–Crippen MR) is 108 cm³/mol. The minimum absolute atomic E-state index is 0.187. The SMILES string of the molecule is Cc1ccc(C)c(NC(=O)c2cncc(NCc3ccc4c(c3)OCO4)c2)c1. The van der Waals surface area contributed by atoms with E-state index in [1.165, 1.54) is 0 Å². The van der Waals surface area contributed by atoms with Crippen molar-refractivity contribution in [3.63, 3.8) is 0 Å². The molecule has 6 heteroatoms. The normalized spacial score (nSPS) is 11.9. The number of carbonyl (C=O) groups is 1. The van der Waals surface area contributed by atoms with Crippen LogP contribution in [0.4, 0.5) is 11.4 Å². The third-order valence-corrected chi connectivity index (χ3v) is 4.58. The van der Waals surface area contributed by atoms with Crippen molar-refractivity contribution in [1.29, 1.82) is 0 Å². The van der Waals surface area contributed by atoms with Crippen LogP contribution in [0.2, 0.25) is 0 Å². The summed E-state index contributed by atoms with van der Waals surface area (Å²) in [5, 5.41) is 6.25. The number of rotatable bonds is 5. The summed E-state index contributed by atoms with van der Waals surface area (Å²) in [5.41, 5.74) is 5.24. The molecule has 142 valence electrons. The minimum atomic E-state index is -0.187. The molecule has 1 aromatic heterocycles. The Balaban J connectivity index is 1.43. The first kappa shape index (κ1) is 17.9. The molecule has 0 bridgehead atoms. The minimum Gasteiger partial charge on any atom is -0.454 e. The number of nitrogens with one attached hydrogen (secondary N) is 2. The van der Waals surface area contributed by atoms with Crippen molar-refractivity contribution in [1.82, 2.24) is 4.98 Å². The first-order valence-electron chi connectivity index (χ1n) is 9.04. The molecule has 2 aromatic carbocycles. The van der Waals surface area contributed by atoms with Gasteiger partial charge in [-0.15, -0.1) is 0 Å². The number of anilines is 2. The fourth-order valence-electron chi connectivity index (χ4n) is 2.98. The standard InChI is InChI=1S/C22H21N3O3/c1-14-3-4-15(2)19(7-14)25-22(26)17-9-18(12-23-11-17)24-10-16-5-6-20-21(8-16)28-13-27-20/h3-9,11-12,24H,10,13H2,1-2H3,(H,25,26). The molecule has 4 rings (SSSR count). The summed E-state index contributed by atoms with van der Waals surface area (Å²) in [7, 11) is 0. The van der Waals surface area contributed by atoms with Crippen LogP contribution in [0.5, 0.6) is 11.5 Å². The van der Waals surface area contributed by atoms with Gasteiger partial charge in [0.15, 0.2) is 11.5 Å². The highest BCUT2D eigenvalue weighted by atomic mass is 16.7. The summed E-state index contributed by atoms with van der Waals surface area (Å²) in [6.45, 7) is 4.81. The second-order valence-corrected chi connectivity index (χ2v) is 6.78. The molecule has 0 unspecified atom stereocenters. The molecule has 1 aliphatic rings. The van der Waals surface area contributed by atoms with Gasteiger partial charge in [0, 0.05) is 24.6 Å². The lowest BCUT2D eigenvalue weighted by atomic mass is 10.1. The summed E-state index contributed by atoms with van der Waals surface area (Å²) < 4.78 is 10.7. The van der Waals surface area contributed by atoms with Gasteiger partial charge < -0.3 is 20.1 Å². The van der Waals surface area contributed by atoms with Crippen LogP contribution >= 0.6 is 0 Å². The van der Waals surface area contributed by atoms with Gasteiger partial charge in [-0.25, -0.2) is 0 Å². The highest BCUT2D eigenvalue weighted by molar-refractivity contribution is 6.05. The zero-order valence-corrected chi connectivity index (χ0v) is 15.8. The van der Waals surface area contributed by atoms with Crippen LogP contribution in [0.1, 0.15) is 27.0 Å². The smallest absolute Gasteiger partial charge is 0.257 e. The molecule has 3 aromatic rings. The van der Waals surface area contributed by atoms with Crippen LogP contribution in [0, 0.1) is 13.8 Å². The Morgan fingerprint density at radius 1 is 1.04 bits per heavy atom. The zero-order chi connectivity index (χ0) is 19.5. The number of benzene rings is 2. The fraction of sp³-hybridized carbons (Fsp3) is 0.182. The number of nitrogens with zero attached hydrogens (tertiary/aromatic N) is 1. The average molecular weight is 375 g/mol. The molecule has 1 aliphatic heterocycles. The van der Waals surface area contributed by atoms with Gasteiger partial charge in [0.05, 0.1) is 11.3 Å². The van der Waals surface area contributed by atoms with Crippen molar-refractivity contribution in [2.45, 2.75) is 20.4 Å². The molecule has 2 N–H and O–H groups in total. The molecule has 0 saturated heterocycles. The third-order valence-electron chi connectivity index (χ3n) is 4.58. The van der Waals surface area contributed by atoms with Crippen LogP contribution in [-0.2, 0) is 6.54 Å². The first-order chi connectivity index (χ1) is 13.6. The van der Waals surface area contributed by atoms with Crippen molar-refractivity contribution >= 4 is 17.3 Å². The molecule has 28 heavy (non-hydrogen) atoms. The zero-order valence-electron chi connectivity index (χ0n) is 15.8. The van der Waals surface area contributed by atoms with E-state index in [4.69, 9.17) is 9.47 Å². The Hall–Kier alpha value is -3.54. The van der Waals surface area contributed by atoms with E-state index in [1.54, 1.807) is 18.5 Å². The van der Waals surface area contributed by atoms with Gasteiger partial charge in [-0.3, -0.25) is 9.78 Å². The van der Waals surface area contributed by atoms with Crippen molar-refractivity contribution in [2.24, 2.45) is 0 Å². The largest absolute Gasteiger partial charge is 0.454 e. The predicted octanol–water partition coefficient (Wildman–Crippen LogP) is 4.29. The van der Waals surface area contributed by atoms with E-state index in [-0.39, 0.29) is 12.7 Å². The van der Waals surface area contributed by atoms with E-state index in [1.807, 2.05) is 50.2 Å². The molecule has 1 amide bonds. The number of ether oxygens (including phenoxy) is 2. The quantitative estimate of drug-likeness (QED) is 0.696. The maximum atomic E-state index is 12.6. The first-order valence-corrected chi connectivity index (χ1v) is 9.04. The maximum Gasteiger partial charge on any atom is 0.257 e. The Morgan fingerprint density at radius 3 is 2.79 bits per heavy atom. The van der Waals surface area contributed by atoms with Crippen LogP contribution in [-0.4, -0.2) is 17.7 Å². The molecule has 0 fully saturated rings. The average Bonchev–Trinajstić information content (AvgIpc) is 3.17. The molecule has 0 spiro atoms. The Labute approximate surface area is 163 Å². The maximum absolute atomic E-state index is 12.6. The van der Waals surface area contributed by atoms with Crippen LogP contribution < -0.4 is 20.1 Å². The van der Waals surface area contributed by atoms with E-state index in [2.05, 4.69) is 15.6 Å². The monoisotopic (exact) mass is 375 g/mol. The number of aromatic nitrogens is 1.